The maximum atomic E-state index is 13.6. The molecule has 0 aromatic heterocycles. The summed E-state index contributed by atoms with van der Waals surface area (Å²) in [7, 11) is 0. The number of rotatable bonds is 2. The number of ether oxygens (including phenoxy) is 2. The van der Waals surface area contributed by atoms with Crippen LogP contribution in [0.15, 0.2) is 48.5 Å². The monoisotopic (exact) mass is 454 g/mol. The minimum absolute atomic E-state index is 0.312. The molecule has 2 aromatic carbocycles. The van der Waals surface area contributed by atoms with E-state index in [-0.39, 0.29) is 18.0 Å². The van der Waals surface area contributed by atoms with Crippen LogP contribution < -0.4 is 0 Å². The zero-order valence-electron chi connectivity index (χ0n) is 19.4. The van der Waals surface area contributed by atoms with Crippen molar-refractivity contribution in [1.29, 1.82) is 0 Å². The van der Waals surface area contributed by atoms with Gasteiger partial charge < -0.3 is 14.4 Å². The first-order valence-electron chi connectivity index (χ1n) is 11.5. The number of amides is 2. The molecule has 2 amide bonds. The highest BCUT2D eigenvalue weighted by Gasteiger charge is 2.35. The Hall–Kier alpha value is -3.09. The molecular weight excluding hydrogens is 423 g/mol. The van der Waals surface area contributed by atoms with Gasteiger partial charge in [-0.2, -0.15) is 0 Å². The van der Waals surface area contributed by atoms with Gasteiger partial charge in [0.05, 0.1) is 12.6 Å². The fraction of sp³-hybridized carbons (Fsp3) is 0.462. The maximum Gasteiger partial charge on any atom is 0.410 e. The van der Waals surface area contributed by atoms with Gasteiger partial charge in [-0.25, -0.2) is 14.0 Å². The largest absolute Gasteiger partial charge is 0.444 e. The van der Waals surface area contributed by atoms with Gasteiger partial charge in [0.15, 0.2) is 0 Å². The molecule has 0 bridgehead atoms. The second kappa shape index (κ2) is 9.41. The third-order valence-electron chi connectivity index (χ3n) is 6.00. The third kappa shape index (κ3) is 5.46. The predicted octanol–water partition coefficient (Wildman–Crippen LogP) is 5.31. The molecule has 1 fully saturated rings. The minimum atomic E-state index is -0.579. The molecule has 2 aliphatic heterocycles. The van der Waals surface area contributed by atoms with Crippen LogP contribution >= 0.6 is 0 Å². The molecular formula is C26H31FN2O4. The highest BCUT2D eigenvalue weighted by atomic mass is 19.1. The lowest BCUT2D eigenvalue weighted by Crippen LogP contribution is -2.48. The van der Waals surface area contributed by atoms with E-state index in [9.17, 15) is 14.0 Å². The first-order chi connectivity index (χ1) is 15.7. The summed E-state index contributed by atoms with van der Waals surface area (Å²) in [4.78, 5) is 29.1. The smallest absolute Gasteiger partial charge is 0.410 e. The molecule has 0 aliphatic carbocycles. The van der Waals surface area contributed by atoms with Crippen molar-refractivity contribution in [3.05, 3.63) is 71.0 Å². The molecule has 2 aromatic rings. The lowest BCUT2D eigenvalue weighted by atomic mass is 9.88. The fourth-order valence-electron chi connectivity index (χ4n) is 4.50. The number of hydrogen-bond acceptors (Lipinski definition) is 4. The van der Waals surface area contributed by atoms with Crippen molar-refractivity contribution in [2.45, 2.75) is 57.8 Å². The molecule has 0 spiro atoms. The van der Waals surface area contributed by atoms with E-state index in [0.29, 0.717) is 26.1 Å². The van der Waals surface area contributed by atoms with Crippen molar-refractivity contribution in [2.75, 3.05) is 19.6 Å². The quantitative estimate of drug-likeness (QED) is 0.617. The average Bonchev–Trinajstić information content (AvgIpc) is 2.78. The van der Waals surface area contributed by atoms with Crippen LogP contribution in [-0.2, 0) is 15.9 Å². The molecule has 1 saturated heterocycles. The Labute approximate surface area is 194 Å². The number of carbonyl (C=O) groups is 2. The highest BCUT2D eigenvalue weighted by Crippen LogP contribution is 2.36. The number of benzene rings is 2. The van der Waals surface area contributed by atoms with Gasteiger partial charge in [0, 0.05) is 13.1 Å². The number of likely N-dealkylation sites (tertiary alicyclic amines) is 1. The van der Waals surface area contributed by atoms with Crippen LogP contribution in [0.5, 0.6) is 0 Å². The Balaban J connectivity index is 1.50. The normalized spacial score (nSPS) is 20.7. The summed E-state index contributed by atoms with van der Waals surface area (Å²) in [5, 5.41) is 0. The van der Waals surface area contributed by atoms with Crippen molar-refractivity contribution in [3.8, 4) is 0 Å². The molecule has 2 atom stereocenters. The standard InChI is InChI=1S/C26H31FN2O4/c1-26(2,3)33-24(30)28-15-6-8-21(17-28)32-25(31)29-16-14-18-7-4-5-9-22(18)23(29)19-10-12-20(27)13-11-19/h4-5,7,9-13,21,23H,6,8,14-17H2,1-3H3. The highest BCUT2D eigenvalue weighted by molar-refractivity contribution is 5.71. The van der Waals surface area contributed by atoms with E-state index >= 15 is 0 Å². The lowest BCUT2D eigenvalue weighted by molar-refractivity contribution is -0.00923. The van der Waals surface area contributed by atoms with Crippen LogP contribution in [0.3, 0.4) is 0 Å². The Morgan fingerprint density at radius 1 is 1.00 bits per heavy atom. The van der Waals surface area contributed by atoms with Crippen molar-refractivity contribution in [2.24, 2.45) is 0 Å². The van der Waals surface area contributed by atoms with Crippen LogP contribution in [0.25, 0.3) is 0 Å². The number of nitrogens with zero attached hydrogens (tertiary/aromatic N) is 2. The molecule has 4 rings (SSSR count). The number of piperidine rings is 1. The van der Waals surface area contributed by atoms with Crippen molar-refractivity contribution in [3.63, 3.8) is 0 Å². The number of fused-ring (bicyclic) bond motifs is 1. The van der Waals surface area contributed by atoms with E-state index < -0.39 is 17.8 Å². The molecule has 0 N–H and O–H groups in total. The number of carbonyl (C=O) groups excluding carboxylic acids is 2. The van der Waals surface area contributed by atoms with Gasteiger partial charge in [-0.1, -0.05) is 36.4 Å². The zero-order chi connectivity index (χ0) is 23.6. The van der Waals surface area contributed by atoms with Crippen LogP contribution in [0.4, 0.5) is 14.0 Å². The summed E-state index contributed by atoms with van der Waals surface area (Å²) in [5.41, 5.74) is 2.44. The van der Waals surface area contributed by atoms with Gasteiger partial charge in [0.2, 0.25) is 0 Å². The Morgan fingerprint density at radius 3 is 2.45 bits per heavy atom. The third-order valence-corrected chi connectivity index (χ3v) is 6.00. The Kier molecular flexibility index (Phi) is 6.58. The molecule has 0 radical (unpaired) electrons. The maximum absolute atomic E-state index is 13.6. The Morgan fingerprint density at radius 2 is 1.73 bits per heavy atom. The second-order valence-electron chi connectivity index (χ2n) is 9.67. The van der Waals surface area contributed by atoms with E-state index in [2.05, 4.69) is 6.07 Å². The van der Waals surface area contributed by atoms with Crippen LogP contribution in [0.1, 0.15) is 56.3 Å². The molecule has 6 nitrogen and oxygen atoms in total. The first kappa shape index (κ1) is 23.1. The molecule has 7 heteroatoms. The first-order valence-corrected chi connectivity index (χ1v) is 11.5. The molecule has 2 aliphatic rings. The van der Waals surface area contributed by atoms with E-state index in [1.165, 1.54) is 17.7 Å². The van der Waals surface area contributed by atoms with Crippen molar-refractivity contribution < 1.29 is 23.5 Å². The molecule has 2 unspecified atom stereocenters. The van der Waals surface area contributed by atoms with E-state index in [4.69, 9.17) is 9.47 Å². The topological polar surface area (TPSA) is 59.1 Å². The van der Waals surface area contributed by atoms with Gasteiger partial charge in [-0.05, 0) is 68.9 Å². The van der Waals surface area contributed by atoms with Gasteiger partial charge >= 0.3 is 12.2 Å². The van der Waals surface area contributed by atoms with E-state index in [1.807, 2.05) is 39.0 Å². The van der Waals surface area contributed by atoms with E-state index in [1.54, 1.807) is 21.9 Å². The number of halogens is 1. The van der Waals surface area contributed by atoms with Gasteiger partial charge in [0.25, 0.3) is 0 Å². The number of hydrogen-bond donors (Lipinski definition) is 0. The van der Waals surface area contributed by atoms with Crippen molar-refractivity contribution >= 4 is 12.2 Å². The van der Waals surface area contributed by atoms with Gasteiger partial charge in [0.1, 0.15) is 17.5 Å². The SMILES string of the molecule is CC(C)(C)OC(=O)N1CCCC(OC(=O)N2CCc3ccccc3C2c2ccc(F)cc2)C1. The molecule has 33 heavy (non-hydrogen) atoms. The fourth-order valence-corrected chi connectivity index (χ4v) is 4.50. The van der Waals surface area contributed by atoms with Crippen LogP contribution in [0, 0.1) is 5.82 Å². The summed E-state index contributed by atoms with van der Waals surface area (Å²) in [6, 6.07) is 13.9. The summed E-state index contributed by atoms with van der Waals surface area (Å²) in [6.45, 7) is 6.88. The van der Waals surface area contributed by atoms with Crippen LogP contribution in [0.2, 0.25) is 0 Å². The molecule has 2 heterocycles. The second-order valence-corrected chi connectivity index (χ2v) is 9.67. The summed E-state index contributed by atoms with van der Waals surface area (Å²) in [6.07, 6.45) is 0.939. The van der Waals surface area contributed by atoms with E-state index in [0.717, 1.165) is 24.0 Å². The van der Waals surface area contributed by atoms with Gasteiger partial charge in [-0.15, -0.1) is 0 Å². The zero-order valence-corrected chi connectivity index (χ0v) is 19.4. The Bertz CT molecular complexity index is 1000. The van der Waals surface area contributed by atoms with Crippen molar-refractivity contribution in [1.82, 2.24) is 9.80 Å². The lowest BCUT2D eigenvalue weighted by Gasteiger charge is -2.39. The molecule has 0 saturated carbocycles. The molecule has 176 valence electrons. The predicted molar refractivity (Wildman–Crippen MR) is 122 cm³/mol. The minimum Gasteiger partial charge on any atom is -0.444 e. The van der Waals surface area contributed by atoms with Crippen LogP contribution in [-0.4, -0.2) is 53.3 Å². The van der Waals surface area contributed by atoms with Gasteiger partial charge in [-0.3, -0.25) is 4.90 Å². The summed E-state index contributed by atoms with van der Waals surface area (Å²) >= 11 is 0. The summed E-state index contributed by atoms with van der Waals surface area (Å²) in [5.74, 6) is -0.318. The summed E-state index contributed by atoms with van der Waals surface area (Å²) < 4.78 is 24.9. The average molecular weight is 455 g/mol.